The van der Waals surface area contributed by atoms with Crippen molar-refractivity contribution in [3.8, 4) is 0 Å². The van der Waals surface area contributed by atoms with Gasteiger partial charge in [0.05, 0.1) is 0 Å². The van der Waals surface area contributed by atoms with Crippen LogP contribution < -0.4 is 0 Å². The Morgan fingerprint density at radius 2 is 2.13 bits per heavy atom. The maximum absolute atomic E-state index is 10.9. The fourth-order valence-corrected chi connectivity index (χ4v) is 1.53. The van der Waals surface area contributed by atoms with Gasteiger partial charge in [0, 0.05) is 6.92 Å². The van der Waals surface area contributed by atoms with Gasteiger partial charge < -0.3 is 4.74 Å². The maximum atomic E-state index is 10.9. The number of esters is 1. The summed E-state index contributed by atoms with van der Waals surface area (Å²) >= 11 is 0. The Morgan fingerprint density at radius 1 is 1.40 bits per heavy atom. The summed E-state index contributed by atoms with van der Waals surface area (Å²) in [5.41, 5.74) is 2.23. The molecule has 0 N–H and O–H groups in total. The average Bonchev–Trinajstić information content (AvgIpc) is 2.49. The second-order valence-electron chi connectivity index (χ2n) is 3.52. The summed E-state index contributed by atoms with van der Waals surface area (Å²) in [7, 11) is 0. The number of rotatable bonds is 3. The highest BCUT2D eigenvalue weighted by Crippen LogP contribution is 2.31. The van der Waals surface area contributed by atoms with Crippen LogP contribution in [0.15, 0.2) is 47.8 Å². The minimum absolute atomic E-state index is 0.259. The van der Waals surface area contributed by atoms with Crippen molar-refractivity contribution in [3.63, 3.8) is 0 Å². The van der Waals surface area contributed by atoms with Gasteiger partial charge in [-0.15, -0.1) is 0 Å². The van der Waals surface area contributed by atoms with E-state index in [0.29, 0.717) is 0 Å². The second kappa shape index (κ2) is 5.35. The van der Waals surface area contributed by atoms with Crippen LogP contribution >= 0.6 is 0 Å². The normalized spacial score (nSPS) is 18.9. The Balaban J connectivity index is 2.83. The molecule has 2 nitrogen and oxygen atoms in total. The summed E-state index contributed by atoms with van der Waals surface area (Å²) in [4.78, 5) is 10.9. The topological polar surface area (TPSA) is 26.3 Å². The van der Waals surface area contributed by atoms with Crippen LogP contribution in [0, 0.1) is 0 Å². The van der Waals surface area contributed by atoms with Gasteiger partial charge in [-0.1, -0.05) is 30.9 Å². The molecule has 80 valence electrons. The third-order valence-corrected chi connectivity index (χ3v) is 2.24. The largest absolute Gasteiger partial charge is 0.426 e. The predicted octanol–water partition coefficient (Wildman–Crippen LogP) is 3.29. The lowest BCUT2D eigenvalue weighted by molar-refractivity contribution is -0.136. The van der Waals surface area contributed by atoms with Crippen molar-refractivity contribution in [2.24, 2.45) is 0 Å². The van der Waals surface area contributed by atoms with Crippen molar-refractivity contribution in [2.75, 3.05) is 0 Å². The lowest BCUT2D eigenvalue weighted by Gasteiger charge is -2.05. The zero-order valence-electron chi connectivity index (χ0n) is 9.25. The smallest absolute Gasteiger partial charge is 0.308 e. The predicted molar refractivity (Wildman–Crippen MR) is 61.1 cm³/mol. The summed E-state index contributed by atoms with van der Waals surface area (Å²) in [5, 5.41) is 0. The van der Waals surface area contributed by atoms with Crippen molar-refractivity contribution in [2.45, 2.75) is 26.7 Å². The SMILES string of the molecule is C=C/C=C\C=C1/CCC(C)=C1OC(C)=O. The molecule has 1 rings (SSSR count). The Kier molecular flexibility index (Phi) is 4.10. The third-order valence-electron chi connectivity index (χ3n) is 2.24. The summed E-state index contributed by atoms with van der Waals surface area (Å²) < 4.78 is 5.18. The minimum Gasteiger partial charge on any atom is -0.426 e. The van der Waals surface area contributed by atoms with Crippen molar-refractivity contribution in [3.05, 3.63) is 47.8 Å². The van der Waals surface area contributed by atoms with Crippen molar-refractivity contribution >= 4 is 5.97 Å². The first-order chi connectivity index (χ1) is 7.15. The zero-order valence-corrected chi connectivity index (χ0v) is 9.25. The van der Waals surface area contributed by atoms with Gasteiger partial charge in [-0.2, -0.15) is 0 Å². The Morgan fingerprint density at radius 3 is 2.73 bits per heavy atom. The molecule has 0 heterocycles. The molecule has 0 bridgehead atoms. The summed E-state index contributed by atoms with van der Waals surface area (Å²) in [6, 6.07) is 0. The quantitative estimate of drug-likeness (QED) is 0.521. The fourth-order valence-electron chi connectivity index (χ4n) is 1.53. The fraction of sp³-hybridized carbons (Fsp3) is 0.308. The van der Waals surface area contributed by atoms with E-state index in [-0.39, 0.29) is 5.97 Å². The van der Waals surface area contributed by atoms with Crippen LogP contribution in [0.5, 0.6) is 0 Å². The molecule has 0 aromatic rings. The molecule has 0 amide bonds. The van der Waals surface area contributed by atoms with Crippen LogP contribution in [0.4, 0.5) is 0 Å². The second-order valence-corrected chi connectivity index (χ2v) is 3.52. The maximum Gasteiger partial charge on any atom is 0.308 e. The molecule has 0 radical (unpaired) electrons. The van der Waals surface area contributed by atoms with E-state index in [1.54, 1.807) is 6.08 Å². The lowest BCUT2D eigenvalue weighted by atomic mass is 10.2. The third kappa shape index (κ3) is 3.24. The molecule has 15 heavy (non-hydrogen) atoms. The Hall–Kier alpha value is -1.57. The highest BCUT2D eigenvalue weighted by molar-refractivity contribution is 5.68. The Bertz CT molecular complexity index is 357. The van der Waals surface area contributed by atoms with E-state index in [1.165, 1.54) is 6.92 Å². The van der Waals surface area contributed by atoms with Crippen molar-refractivity contribution in [1.82, 2.24) is 0 Å². The molecular weight excluding hydrogens is 188 g/mol. The average molecular weight is 204 g/mol. The van der Waals surface area contributed by atoms with Crippen molar-refractivity contribution < 1.29 is 9.53 Å². The van der Waals surface area contributed by atoms with E-state index < -0.39 is 0 Å². The molecule has 1 aliphatic carbocycles. The van der Waals surface area contributed by atoms with Gasteiger partial charge in [-0.25, -0.2) is 0 Å². The van der Waals surface area contributed by atoms with Gasteiger partial charge in [0.2, 0.25) is 0 Å². The molecule has 0 unspecified atom stereocenters. The van der Waals surface area contributed by atoms with Gasteiger partial charge in [0.1, 0.15) is 5.76 Å². The van der Waals surface area contributed by atoms with E-state index in [2.05, 4.69) is 6.58 Å². The van der Waals surface area contributed by atoms with Crippen LogP contribution in [0.1, 0.15) is 26.7 Å². The molecule has 0 fully saturated rings. The lowest BCUT2D eigenvalue weighted by Crippen LogP contribution is -1.99. The van der Waals surface area contributed by atoms with E-state index >= 15 is 0 Å². The van der Waals surface area contributed by atoms with Gasteiger partial charge in [-0.05, 0) is 30.9 Å². The molecule has 0 spiro atoms. The van der Waals surface area contributed by atoms with Crippen LogP contribution in [0.25, 0.3) is 0 Å². The number of allylic oxidation sites excluding steroid dienone is 6. The number of ether oxygens (including phenoxy) is 1. The van der Waals surface area contributed by atoms with E-state index in [9.17, 15) is 4.79 Å². The highest BCUT2D eigenvalue weighted by atomic mass is 16.5. The highest BCUT2D eigenvalue weighted by Gasteiger charge is 2.18. The number of carbonyl (C=O) groups excluding carboxylic acids is 1. The number of carbonyl (C=O) groups is 1. The van der Waals surface area contributed by atoms with Crippen molar-refractivity contribution in [1.29, 1.82) is 0 Å². The number of hydrogen-bond acceptors (Lipinski definition) is 2. The van der Waals surface area contributed by atoms with Crippen LogP contribution in [0.3, 0.4) is 0 Å². The molecule has 1 aliphatic rings. The first-order valence-electron chi connectivity index (χ1n) is 5.02. The molecule has 0 aromatic carbocycles. The van der Waals surface area contributed by atoms with Crippen LogP contribution in [-0.2, 0) is 9.53 Å². The molecule has 0 aromatic heterocycles. The molecule has 0 saturated carbocycles. The van der Waals surface area contributed by atoms with E-state index in [0.717, 1.165) is 29.7 Å². The van der Waals surface area contributed by atoms with E-state index in [1.807, 2.05) is 25.2 Å². The summed E-state index contributed by atoms with van der Waals surface area (Å²) in [6.07, 6.45) is 9.35. The van der Waals surface area contributed by atoms with Crippen LogP contribution in [-0.4, -0.2) is 5.97 Å². The summed E-state index contributed by atoms with van der Waals surface area (Å²) in [5.74, 6) is 0.487. The molecule has 0 atom stereocenters. The molecule has 0 aliphatic heterocycles. The first kappa shape index (κ1) is 11.5. The van der Waals surface area contributed by atoms with E-state index in [4.69, 9.17) is 4.74 Å². The molecular formula is C13H16O2. The Labute approximate surface area is 90.6 Å². The van der Waals surface area contributed by atoms with Gasteiger partial charge in [0.15, 0.2) is 0 Å². The molecule has 2 heteroatoms. The summed E-state index contributed by atoms with van der Waals surface area (Å²) in [6.45, 7) is 7.02. The van der Waals surface area contributed by atoms with Gasteiger partial charge in [0.25, 0.3) is 0 Å². The standard InChI is InChI=1S/C13H16O2/c1-4-5-6-7-12-9-8-10(2)13(12)15-11(3)14/h4-7H,1,8-9H2,2-3H3/b6-5-,12-7+. The zero-order chi connectivity index (χ0) is 11.3. The number of hydrogen-bond donors (Lipinski definition) is 0. The van der Waals surface area contributed by atoms with Gasteiger partial charge in [-0.3, -0.25) is 4.79 Å². The van der Waals surface area contributed by atoms with Crippen LogP contribution in [0.2, 0.25) is 0 Å². The monoisotopic (exact) mass is 204 g/mol. The van der Waals surface area contributed by atoms with Gasteiger partial charge >= 0.3 is 5.97 Å². The first-order valence-corrected chi connectivity index (χ1v) is 5.02. The minimum atomic E-state index is -0.259. The molecule has 0 saturated heterocycles.